The van der Waals surface area contributed by atoms with Crippen molar-refractivity contribution in [2.75, 3.05) is 0 Å². The second-order valence-corrected chi connectivity index (χ2v) is 3.83. The Hall–Kier alpha value is -1.47. The van der Waals surface area contributed by atoms with Crippen molar-refractivity contribution in [2.45, 2.75) is 6.54 Å². The van der Waals surface area contributed by atoms with Crippen molar-refractivity contribution in [1.82, 2.24) is 9.38 Å². The average molecular weight is 271 g/mol. The zero-order chi connectivity index (χ0) is 11.0. The molecule has 6 nitrogen and oxygen atoms in total. The lowest BCUT2D eigenvalue weighted by Gasteiger charge is -1.95. The molecule has 0 aliphatic rings. The minimum atomic E-state index is -0.513. The zero-order valence-corrected chi connectivity index (χ0v) is 9.14. The molecule has 0 bridgehead atoms. The summed E-state index contributed by atoms with van der Waals surface area (Å²) in [7, 11) is 0. The van der Waals surface area contributed by atoms with E-state index in [2.05, 4.69) is 20.9 Å². The monoisotopic (exact) mass is 270 g/mol. The number of rotatable bonds is 2. The standard InChI is InChI=1S/C8H7BrN4O2/c9-5-1-2-12-6(3-5)8(13(14)15)11-7(12)4-10/h1-3H,4,10H2. The summed E-state index contributed by atoms with van der Waals surface area (Å²) in [4.78, 5) is 14.1. The molecule has 0 aliphatic carbocycles. The lowest BCUT2D eigenvalue weighted by atomic mass is 10.4. The molecule has 0 spiro atoms. The Bertz CT molecular complexity index is 537. The minimum Gasteiger partial charge on any atom is -0.358 e. The maximum absolute atomic E-state index is 10.7. The number of aromatic nitrogens is 2. The Balaban J connectivity index is 2.81. The van der Waals surface area contributed by atoms with E-state index >= 15 is 0 Å². The third-order valence-electron chi connectivity index (χ3n) is 2.01. The van der Waals surface area contributed by atoms with Crippen LogP contribution in [0, 0.1) is 10.1 Å². The highest BCUT2D eigenvalue weighted by Crippen LogP contribution is 2.23. The van der Waals surface area contributed by atoms with Gasteiger partial charge in [-0.25, -0.2) is 0 Å². The van der Waals surface area contributed by atoms with Crippen molar-refractivity contribution in [2.24, 2.45) is 5.73 Å². The highest BCUT2D eigenvalue weighted by Gasteiger charge is 2.20. The number of halogens is 1. The molecule has 0 aromatic carbocycles. The van der Waals surface area contributed by atoms with Gasteiger partial charge in [0, 0.05) is 10.7 Å². The first-order chi connectivity index (χ1) is 7.13. The molecule has 0 unspecified atom stereocenters. The van der Waals surface area contributed by atoms with Crippen LogP contribution < -0.4 is 5.73 Å². The number of hydrogen-bond acceptors (Lipinski definition) is 4. The van der Waals surface area contributed by atoms with Crippen molar-refractivity contribution < 1.29 is 4.92 Å². The van der Waals surface area contributed by atoms with Crippen molar-refractivity contribution in [3.63, 3.8) is 0 Å². The van der Waals surface area contributed by atoms with Crippen LogP contribution >= 0.6 is 15.9 Å². The fourth-order valence-electron chi connectivity index (χ4n) is 1.38. The van der Waals surface area contributed by atoms with Crippen LogP contribution in [-0.2, 0) is 6.54 Å². The molecule has 78 valence electrons. The number of imidazole rings is 1. The molecule has 0 saturated carbocycles. The van der Waals surface area contributed by atoms with Gasteiger partial charge in [0.2, 0.25) is 5.82 Å². The van der Waals surface area contributed by atoms with E-state index in [0.29, 0.717) is 11.3 Å². The topological polar surface area (TPSA) is 86.5 Å². The predicted octanol–water partition coefficient (Wildman–Crippen LogP) is 1.46. The smallest absolute Gasteiger partial charge is 0.358 e. The summed E-state index contributed by atoms with van der Waals surface area (Å²) in [6.45, 7) is 0.163. The predicted molar refractivity (Wildman–Crippen MR) is 57.4 cm³/mol. The first-order valence-electron chi connectivity index (χ1n) is 4.14. The third kappa shape index (κ3) is 1.59. The third-order valence-corrected chi connectivity index (χ3v) is 2.51. The molecule has 0 radical (unpaired) electrons. The molecular formula is C8H7BrN4O2. The van der Waals surface area contributed by atoms with E-state index in [-0.39, 0.29) is 12.4 Å². The van der Waals surface area contributed by atoms with Crippen molar-refractivity contribution in [3.8, 4) is 0 Å². The van der Waals surface area contributed by atoms with Gasteiger partial charge >= 0.3 is 5.82 Å². The van der Waals surface area contributed by atoms with Crippen molar-refractivity contribution in [3.05, 3.63) is 38.7 Å². The molecule has 2 N–H and O–H groups in total. The summed E-state index contributed by atoms with van der Waals surface area (Å²) >= 11 is 3.25. The number of hydrogen-bond donors (Lipinski definition) is 1. The molecular weight excluding hydrogens is 264 g/mol. The van der Waals surface area contributed by atoms with Gasteiger partial charge in [0.05, 0.1) is 6.54 Å². The Morgan fingerprint density at radius 3 is 3.00 bits per heavy atom. The zero-order valence-electron chi connectivity index (χ0n) is 7.55. The largest absolute Gasteiger partial charge is 0.389 e. The van der Waals surface area contributed by atoms with Gasteiger partial charge in [0.15, 0.2) is 0 Å². The Morgan fingerprint density at radius 1 is 1.67 bits per heavy atom. The maximum atomic E-state index is 10.7. The quantitative estimate of drug-likeness (QED) is 0.661. The van der Waals surface area contributed by atoms with E-state index in [1.54, 1.807) is 22.7 Å². The summed E-state index contributed by atoms with van der Waals surface area (Å²) in [6, 6.07) is 3.42. The first-order valence-corrected chi connectivity index (χ1v) is 4.93. The summed E-state index contributed by atoms with van der Waals surface area (Å²) in [6.07, 6.45) is 1.70. The van der Waals surface area contributed by atoms with Gasteiger partial charge in [0.25, 0.3) is 0 Å². The summed E-state index contributed by atoms with van der Waals surface area (Å²) in [5, 5.41) is 10.7. The van der Waals surface area contributed by atoms with Gasteiger partial charge in [0.1, 0.15) is 5.52 Å². The number of nitro groups is 1. The molecule has 0 atom stereocenters. The van der Waals surface area contributed by atoms with Gasteiger partial charge < -0.3 is 15.8 Å². The van der Waals surface area contributed by atoms with Crippen LogP contribution in [0.4, 0.5) is 5.82 Å². The van der Waals surface area contributed by atoms with E-state index in [4.69, 9.17) is 5.73 Å². The van der Waals surface area contributed by atoms with Crippen LogP contribution in [0.3, 0.4) is 0 Å². The Labute approximate surface area is 93.0 Å². The fraction of sp³-hybridized carbons (Fsp3) is 0.125. The summed E-state index contributed by atoms with van der Waals surface area (Å²) in [5.74, 6) is 0.306. The normalized spacial score (nSPS) is 10.8. The second kappa shape index (κ2) is 3.59. The van der Waals surface area contributed by atoms with E-state index in [1.807, 2.05) is 0 Å². The summed E-state index contributed by atoms with van der Waals surface area (Å²) in [5.41, 5.74) is 5.89. The SMILES string of the molecule is NCc1nc([N+](=O)[O-])c2cc(Br)ccn12. The van der Waals surface area contributed by atoms with Gasteiger partial charge in [-0.05, 0) is 22.0 Å². The molecule has 0 aliphatic heterocycles. The fourth-order valence-corrected chi connectivity index (χ4v) is 1.72. The second-order valence-electron chi connectivity index (χ2n) is 2.91. The molecule has 2 aromatic rings. The number of nitrogens with two attached hydrogens (primary N) is 1. The lowest BCUT2D eigenvalue weighted by molar-refractivity contribution is -0.387. The van der Waals surface area contributed by atoms with Crippen molar-refractivity contribution >= 4 is 27.3 Å². The molecule has 15 heavy (non-hydrogen) atoms. The maximum Gasteiger partial charge on any atom is 0.389 e. The Kier molecular flexibility index (Phi) is 2.41. The highest BCUT2D eigenvalue weighted by atomic mass is 79.9. The summed E-state index contributed by atoms with van der Waals surface area (Å²) < 4.78 is 2.38. The molecule has 2 aromatic heterocycles. The van der Waals surface area contributed by atoms with E-state index in [9.17, 15) is 10.1 Å². The minimum absolute atomic E-state index is 0.163. The van der Waals surface area contributed by atoms with Crippen LogP contribution in [0.1, 0.15) is 5.82 Å². The van der Waals surface area contributed by atoms with Gasteiger partial charge in [-0.3, -0.25) is 4.40 Å². The number of pyridine rings is 1. The van der Waals surface area contributed by atoms with Crippen molar-refractivity contribution in [1.29, 1.82) is 0 Å². The van der Waals surface area contributed by atoms with E-state index < -0.39 is 4.92 Å². The van der Waals surface area contributed by atoms with Crippen LogP contribution in [0.2, 0.25) is 0 Å². The molecule has 2 rings (SSSR count). The van der Waals surface area contributed by atoms with Crippen LogP contribution in [0.5, 0.6) is 0 Å². The van der Waals surface area contributed by atoms with Crippen LogP contribution in [0.15, 0.2) is 22.8 Å². The number of nitrogens with zero attached hydrogens (tertiary/aromatic N) is 3. The first kappa shape index (κ1) is 10.1. The average Bonchev–Trinajstić information content (AvgIpc) is 2.55. The highest BCUT2D eigenvalue weighted by molar-refractivity contribution is 9.10. The molecule has 0 fully saturated rings. The molecule has 2 heterocycles. The molecule has 0 saturated heterocycles. The lowest BCUT2D eigenvalue weighted by Crippen LogP contribution is -2.02. The number of fused-ring (bicyclic) bond motifs is 1. The van der Waals surface area contributed by atoms with Crippen LogP contribution in [0.25, 0.3) is 5.52 Å². The van der Waals surface area contributed by atoms with E-state index in [0.717, 1.165) is 4.47 Å². The molecule has 7 heteroatoms. The van der Waals surface area contributed by atoms with Gasteiger partial charge in [-0.1, -0.05) is 15.9 Å². The van der Waals surface area contributed by atoms with E-state index in [1.165, 1.54) is 0 Å². The Morgan fingerprint density at radius 2 is 2.40 bits per heavy atom. The van der Waals surface area contributed by atoms with Crippen LogP contribution in [-0.4, -0.2) is 14.3 Å². The van der Waals surface area contributed by atoms with Gasteiger partial charge in [-0.2, -0.15) is 0 Å². The van der Waals surface area contributed by atoms with Gasteiger partial charge in [-0.15, -0.1) is 0 Å². The molecule has 0 amide bonds.